The van der Waals surface area contributed by atoms with Gasteiger partial charge < -0.3 is 4.74 Å². The smallest absolute Gasteiger partial charge is 0.412 e. The number of hydrogen-bond donors (Lipinski definition) is 1. The van der Waals surface area contributed by atoms with Gasteiger partial charge >= 0.3 is 6.09 Å². The van der Waals surface area contributed by atoms with Gasteiger partial charge in [-0.15, -0.1) is 11.3 Å². The summed E-state index contributed by atoms with van der Waals surface area (Å²) in [4.78, 5) is 11.3. The highest BCUT2D eigenvalue weighted by molar-refractivity contribution is 14.1. The molecule has 0 aliphatic heterocycles. The lowest BCUT2D eigenvalue weighted by Crippen LogP contribution is -2.27. The third-order valence-corrected chi connectivity index (χ3v) is 3.31. The van der Waals surface area contributed by atoms with Gasteiger partial charge in [0.25, 0.3) is 0 Å². The van der Waals surface area contributed by atoms with E-state index in [9.17, 15) is 4.79 Å². The second-order valence-corrected chi connectivity index (χ2v) is 5.67. The molecule has 1 aromatic rings. The summed E-state index contributed by atoms with van der Waals surface area (Å²) >= 11 is 3.71. The second kappa shape index (κ2) is 4.48. The highest BCUT2D eigenvalue weighted by atomic mass is 127. The maximum atomic E-state index is 11.3. The van der Waals surface area contributed by atoms with Gasteiger partial charge in [0.1, 0.15) is 5.60 Å². The van der Waals surface area contributed by atoms with E-state index in [1.54, 1.807) is 11.3 Å². The topological polar surface area (TPSA) is 38.3 Å². The molecule has 78 valence electrons. The number of carbonyl (C=O) groups excluding carboxylic acids is 1. The molecule has 3 nitrogen and oxygen atoms in total. The molecule has 0 fully saturated rings. The summed E-state index contributed by atoms with van der Waals surface area (Å²) in [6.45, 7) is 5.52. The zero-order chi connectivity index (χ0) is 10.8. The Hall–Kier alpha value is -0.300. The van der Waals surface area contributed by atoms with Gasteiger partial charge in [-0.2, -0.15) is 0 Å². The molecule has 1 N–H and O–H groups in total. The standard InChI is InChI=1S/C9H12INO2S/c1-9(2,3)13-8(12)11-7-5-14-4-6(7)10/h4-5H,1-3H3,(H,11,12). The van der Waals surface area contributed by atoms with Crippen LogP contribution in [0, 0.1) is 3.57 Å². The van der Waals surface area contributed by atoms with Crippen LogP contribution in [0.1, 0.15) is 20.8 Å². The van der Waals surface area contributed by atoms with E-state index in [0.29, 0.717) is 0 Å². The summed E-state index contributed by atoms with van der Waals surface area (Å²) < 4.78 is 6.14. The molecule has 5 heteroatoms. The largest absolute Gasteiger partial charge is 0.444 e. The number of carbonyl (C=O) groups is 1. The van der Waals surface area contributed by atoms with E-state index < -0.39 is 11.7 Å². The predicted molar refractivity (Wildman–Crippen MR) is 66.9 cm³/mol. The Morgan fingerprint density at radius 2 is 2.14 bits per heavy atom. The van der Waals surface area contributed by atoms with Crippen LogP contribution in [0.15, 0.2) is 10.8 Å². The first-order valence-electron chi connectivity index (χ1n) is 4.10. The fraction of sp³-hybridized carbons (Fsp3) is 0.444. The first kappa shape index (κ1) is 11.8. The van der Waals surface area contributed by atoms with Gasteiger partial charge in [0.15, 0.2) is 0 Å². The van der Waals surface area contributed by atoms with Crippen molar-refractivity contribution in [3.8, 4) is 0 Å². The number of hydrogen-bond acceptors (Lipinski definition) is 3. The second-order valence-electron chi connectivity index (χ2n) is 3.76. The molecule has 14 heavy (non-hydrogen) atoms. The number of ether oxygens (including phenoxy) is 1. The fourth-order valence-electron chi connectivity index (χ4n) is 0.784. The lowest BCUT2D eigenvalue weighted by atomic mass is 10.2. The molecule has 1 amide bonds. The van der Waals surface area contributed by atoms with Gasteiger partial charge in [0.05, 0.1) is 5.69 Å². The van der Waals surface area contributed by atoms with Crippen LogP contribution in [0.4, 0.5) is 10.5 Å². The highest BCUT2D eigenvalue weighted by Crippen LogP contribution is 2.23. The van der Waals surface area contributed by atoms with Crippen molar-refractivity contribution in [1.82, 2.24) is 0 Å². The summed E-state index contributed by atoms with van der Waals surface area (Å²) in [5, 5.41) is 6.53. The Morgan fingerprint density at radius 3 is 2.57 bits per heavy atom. The summed E-state index contributed by atoms with van der Waals surface area (Å²) in [5.41, 5.74) is 0.357. The Kier molecular flexibility index (Phi) is 3.77. The van der Waals surface area contributed by atoms with Gasteiger partial charge in [-0.1, -0.05) is 0 Å². The van der Waals surface area contributed by atoms with E-state index in [2.05, 4.69) is 27.9 Å². The third kappa shape index (κ3) is 3.83. The van der Waals surface area contributed by atoms with Gasteiger partial charge in [0.2, 0.25) is 0 Å². The van der Waals surface area contributed by atoms with Crippen LogP contribution in [-0.2, 0) is 4.74 Å². The summed E-state index contributed by atoms with van der Waals surface area (Å²) in [7, 11) is 0. The van der Waals surface area contributed by atoms with Gasteiger partial charge in [-0.3, -0.25) is 5.32 Å². The van der Waals surface area contributed by atoms with Crippen LogP contribution in [0.25, 0.3) is 0 Å². The number of halogens is 1. The zero-order valence-electron chi connectivity index (χ0n) is 8.26. The van der Waals surface area contributed by atoms with Crippen molar-refractivity contribution in [1.29, 1.82) is 0 Å². The van der Waals surface area contributed by atoms with Crippen molar-refractivity contribution < 1.29 is 9.53 Å². The molecule has 0 spiro atoms. The molecule has 0 atom stereocenters. The van der Waals surface area contributed by atoms with Crippen LogP contribution < -0.4 is 5.32 Å². The number of thiophene rings is 1. The molecule has 1 rings (SSSR count). The lowest BCUT2D eigenvalue weighted by molar-refractivity contribution is 0.0636. The van der Waals surface area contributed by atoms with Crippen LogP contribution in [0.3, 0.4) is 0 Å². The molecule has 0 unspecified atom stereocenters. The minimum atomic E-state index is -0.453. The average Bonchev–Trinajstić information content (AvgIpc) is 2.32. The molecule has 0 aliphatic carbocycles. The molecule has 0 bridgehead atoms. The SMILES string of the molecule is CC(C)(C)OC(=O)Nc1cscc1I. The monoisotopic (exact) mass is 325 g/mol. The molecule has 1 heterocycles. The molecule has 0 saturated carbocycles. The molecule has 0 aliphatic rings. The normalized spacial score (nSPS) is 11.1. The van der Waals surface area contributed by atoms with Crippen LogP contribution >= 0.6 is 33.9 Å². The maximum Gasteiger partial charge on any atom is 0.412 e. The van der Waals surface area contributed by atoms with Crippen molar-refractivity contribution in [2.24, 2.45) is 0 Å². The van der Waals surface area contributed by atoms with E-state index in [4.69, 9.17) is 4.74 Å². The van der Waals surface area contributed by atoms with Crippen molar-refractivity contribution >= 4 is 45.7 Å². The van der Waals surface area contributed by atoms with Crippen molar-refractivity contribution in [3.05, 3.63) is 14.3 Å². The molecule has 1 aromatic heterocycles. The Balaban J connectivity index is 2.54. The number of nitrogens with one attached hydrogen (secondary N) is 1. The van der Waals surface area contributed by atoms with E-state index in [1.165, 1.54) is 0 Å². The highest BCUT2D eigenvalue weighted by Gasteiger charge is 2.16. The molecular formula is C9H12INO2S. The number of anilines is 1. The zero-order valence-corrected chi connectivity index (χ0v) is 11.2. The van der Waals surface area contributed by atoms with Gasteiger partial charge in [-0.05, 0) is 43.4 Å². The fourth-order valence-corrected chi connectivity index (χ4v) is 2.36. The average molecular weight is 325 g/mol. The quantitative estimate of drug-likeness (QED) is 0.800. The Morgan fingerprint density at radius 1 is 1.50 bits per heavy atom. The van der Waals surface area contributed by atoms with Crippen molar-refractivity contribution in [2.75, 3.05) is 5.32 Å². The van der Waals surface area contributed by atoms with Crippen LogP contribution in [-0.4, -0.2) is 11.7 Å². The Labute approximate surface area is 101 Å². The number of amides is 1. The van der Waals surface area contributed by atoms with Crippen LogP contribution in [0.2, 0.25) is 0 Å². The van der Waals surface area contributed by atoms with E-state index in [0.717, 1.165) is 9.26 Å². The van der Waals surface area contributed by atoms with Crippen molar-refractivity contribution in [3.63, 3.8) is 0 Å². The molecule has 0 radical (unpaired) electrons. The van der Waals surface area contributed by atoms with Crippen molar-refractivity contribution in [2.45, 2.75) is 26.4 Å². The summed E-state index contributed by atoms with van der Waals surface area (Å²) in [6.07, 6.45) is -0.409. The van der Waals surface area contributed by atoms with Crippen LogP contribution in [0.5, 0.6) is 0 Å². The predicted octanol–water partition coefficient (Wildman–Crippen LogP) is 3.70. The lowest BCUT2D eigenvalue weighted by Gasteiger charge is -2.19. The number of rotatable bonds is 1. The van der Waals surface area contributed by atoms with Gasteiger partial charge in [0, 0.05) is 14.3 Å². The van der Waals surface area contributed by atoms with Gasteiger partial charge in [-0.25, -0.2) is 4.79 Å². The first-order chi connectivity index (χ1) is 6.38. The van der Waals surface area contributed by atoms with E-state index in [1.807, 2.05) is 31.5 Å². The molecule has 0 aromatic carbocycles. The summed E-state index contributed by atoms with van der Waals surface area (Å²) in [5.74, 6) is 0. The molecular weight excluding hydrogens is 313 g/mol. The minimum absolute atomic E-state index is 0.409. The minimum Gasteiger partial charge on any atom is -0.444 e. The van der Waals surface area contributed by atoms with E-state index >= 15 is 0 Å². The van der Waals surface area contributed by atoms with E-state index in [-0.39, 0.29) is 0 Å². The Bertz CT molecular complexity index is 330. The maximum absolute atomic E-state index is 11.3. The summed E-state index contributed by atoms with van der Waals surface area (Å²) in [6, 6.07) is 0. The first-order valence-corrected chi connectivity index (χ1v) is 6.12. The third-order valence-electron chi connectivity index (χ3n) is 1.25. The molecule has 0 saturated heterocycles.